The number of carbonyl (C=O) groups is 1. The lowest BCUT2D eigenvalue weighted by Crippen LogP contribution is -2.32. The highest BCUT2D eigenvalue weighted by molar-refractivity contribution is 6.30. The van der Waals surface area contributed by atoms with E-state index in [0.717, 1.165) is 42.6 Å². The summed E-state index contributed by atoms with van der Waals surface area (Å²) in [5.41, 5.74) is 2.55. The molecule has 1 atom stereocenters. The first-order valence-corrected chi connectivity index (χ1v) is 10.1. The molecular formula is C23H23ClN4O. The largest absolute Gasteiger partial charge is 0.355 e. The minimum absolute atomic E-state index is 0.154. The Morgan fingerprint density at radius 3 is 2.59 bits per heavy atom. The summed E-state index contributed by atoms with van der Waals surface area (Å²) in [4.78, 5) is 19.1. The SMILES string of the molecule is O=C(Nc1ccccc1)c1ccc(N2CC[C@@H](NCc3ccc(Cl)cc3)C2)nc1. The molecule has 0 aliphatic carbocycles. The minimum atomic E-state index is -0.154. The van der Waals surface area contributed by atoms with E-state index in [9.17, 15) is 4.79 Å². The lowest BCUT2D eigenvalue weighted by Gasteiger charge is -2.18. The van der Waals surface area contributed by atoms with Crippen LogP contribution in [0.25, 0.3) is 0 Å². The number of rotatable bonds is 6. The standard InChI is InChI=1S/C23H23ClN4O/c24-19-9-6-17(7-10-19)14-25-21-12-13-28(16-21)22-11-8-18(15-26-22)23(29)27-20-4-2-1-3-5-20/h1-11,15,21,25H,12-14,16H2,(H,27,29)/t21-/m1/s1. The molecule has 4 rings (SSSR count). The number of amides is 1. The fourth-order valence-corrected chi connectivity index (χ4v) is 3.56. The Balaban J connectivity index is 1.30. The molecule has 0 saturated carbocycles. The van der Waals surface area contributed by atoms with Gasteiger partial charge in [0.1, 0.15) is 5.82 Å². The molecule has 0 bridgehead atoms. The zero-order valence-electron chi connectivity index (χ0n) is 16.0. The highest BCUT2D eigenvalue weighted by Gasteiger charge is 2.23. The average Bonchev–Trinajstić information content (AvgIpc) is 3.23. The molecule has 2 N–H and O–H groups in total. The molecule has 5 nitrogen and oxygen atoms in total. The van der Waals surface area contributed by atoms with Crippen LogP contribution in [0.3, 0.4) is 0 Å². The maximum Gasteiger partial charge on any atom is 0.257 e. The predicted molar refractivity (Wildman–Crippen MR) is 118 cm³/mol. The van der Waals surface area contributed by atoms with Crippen molar-refractivity contribution in [3.8, 4) is 0 Å². The van der Waals surface area contributed by atoms with Gasteiger partial charge in [0.15, 0.2) is 0 Å². The molecule has 29 heavy (non-hydrogen) atoms. The van der Waals surface area contributed by atoms with Crippen LogP contribution < -0.4 is 15.5 Å². The highest BCUT2D eigenvalue weighted by Crippen LogP contribution is 2.19. The quantitative estimate of drug-likeness (QED) is 0.638. The maximum absolute atomic E-state index is 12.4. The van der Waals surface area contributed by atoms with Crippen molar-refractivity contribution >= 4 is 29.0 Å². The number of pyridine rings is 1. The van der Waals surface area contributed by atoms with E-state index >= 15 is 0 Å². The summed E-state index contributed by atoms with van der Waals surface area (Å²) in [5, 5.41) is 7.23. The molecule has 1 amide bonds. The van der Waals surface area contributed by atoms with E-state index < -0.39 is 0 Å². The molecule has 0 unspecified atom stereocenters. The van der Waals surface area contributed by atoms with Crippen molar-refractivity contribution in [1.29, 1.82) is 0 Å². The van der Waals surface area contributed by atoms with Crippen molar-refractivity contribution < 1.29 is 4.79 Å². The van der Waals surface area contributed by atoms with Crippen LogP contribution in [0.1, 0.15) is 22.3 Å². The van der Waals surface area contributed by atoms with Crippen LogP contribution in [0.5, 0.6) is 0 Å². The molecule has 148 valence electrons. The second-order valence-corrected chi connectivity index (χ2v) is 7.60. The number of para-hydroxylation sites is 1. The Labute approximate surface area is 175 Å². The Morgan fingerprint density at radius 1 is 1.07 bits per heavy atom. The van der Waals surface area contributed by atoms with Gasteiger partial charge in [0, 0.05) is 42.6 Å². The van der Waals surface area contributed by atoms with E-state index in [-0.39, 0.29) is 5.91 Å². The van der Waals surface area contributed by atoms with Gasteiger partial charge in [0.25, 0.3) is 5.91 Å². The van der Waals surface area contributed by atoms with E-state index in [1.165, 1.54) is 5.56 Å². The third kappa shape index (κ3) is 5.13. The van der Waals surface area contributed by atoms with E-state index in [1.54, 1.807) is 6.20 Å². The van der Waals surface area contributed by atoms with Gasteiger partial charge >= 0.3 is 0 Å². The average molecular weight is 407 g/mol. The molecule has 1 aliphatic rings. The van der Waals surface area contributed by atoms with E-state index in [4.69, 9.17) is 11.6 Å². The maximum atomic E-state index is 12.4. The number of anilines is 2. The fourth-order valence-electron chi connectivity index (χ4n) is 3.43. The third-order valence-electron chi connectivity index (χ3n) is 5.06. The number of halogens is 1. The Bertz CT molecular complexity index is 945. The van der Waals surface area contributed by atoms with Crippen LogP contribution in [0, 0.1) is 0 Å². The smallest absolute Gasteiger partial charge is 0.257 e. The van der Waals surface area contributed by atoms with Crippen LogP contribution in [0.4, 0.5) is 11.5 Å². The molecular weight excluding hydrogens is 384 g/mol. The summed E-state index contributed by atoms with van der Waals surface area (Å²) in [6, 6.07) is 21.5. The van der Waals surface area contributed by atoms with Crippen molar-refractivity contribution in [2.75, 3.05) is 23.3 Å². The van der Waals surface area contributed by atoms with E-state index in [0.29, 0.717) is 11.6 Å². The monoisotopic (exact) mass is 406 g/mol. The number of hydrogen-bond acceptors (Lipinski definition) is 4. The van der Waals surface area contributed by atoms with Gasteiger partial charge in [-0.2, -0.15) is 0 Å². The number of aromatic nitrogens is 1. The topological polar surface area (TPSA) is 57.3 Å². The lowest BCUT2D eigenvalue weighted by molar-refractivity contribution is 0.102. The first kappa shape index (κ1) is 19.4. The summed E-state index contributed by atoms with van der Waals surface area (Å²) in [6.07, 6.45) is 2.70. The van der Waals surface area contributed by atoms with E-state index in [2.05, 4.69) is 20.5 Å². The van der Waals surface area contributed by atoms with Crippen LogP contribution in [-0.2, 0) is 6.54 Å². The molecule has 6 heteroatoms. The van der Waals surface area contributed by atoms with Crippen LogP contribution in [0.2, 0.25) is 5.02 Å². The fraction of sp³-hybridized carbons (Fsp3) is 0.217. The number of benzene rings is 2. The highest BCUT2D eigenvalue weighted by atomic mass is 35.5. The normalized spacial score (nSPS) is 16.0. The Morgan fingerprint density at radius 2 is 1.86 bits per heavy atom. The summed E-state index contributed by atoms with van der Waals surface area (Å²) < 4.78 is 0. The third-order valence-corrected chi connectivity index (χ3v) is 5.31. The summed E-state index contributed by atoms with van der Waals surface area (Å²) in [6.45, 7) is 2.67. The number of carbonyl (C=O) groups excluding carboxylic acids is 1. The molecule has 3 aromatic rings. The van der Waals surface area contributed by atoms with E-state index in [1.807, 2.05) is 66.7 Å². The zero-order chi connectivity index (χ0) is 20.1. The molecule has 1 fully saturated rings. The first-order valence-electron chi connectivity index (χ1n) is 9.72. The van der Waals surface area contributed by atoms with Crippen LogP contribution >= 0.6 is 11.6 Å². The van der Waals surface area contributed by atoms with Gasteiger partial charge in [-0.25, -0.2) is 4.98 Å². The van der Waals surface area contributed by atoms with Gasteiger partial charge in [-0.15, -0.1) is 0 Å². The Kier molecular flexibility index (Phi) is 6.08. The van der Waals surface area contributed by atoms with Crippen molar-refractivity contribution in [3.63, 3.8) is 0 Å². The summed E-state index contributed by atoms with van der Waals surface area (Å²) in [7, 11) is 0. The Hall–Kier alpha value is -2.89. The van der Waals surface area contributed by atoms with Crippen molar-refractivity contribution in [2.45, 2.75) is 19.0 Å². The first-order chi connectivity index (χ1) is 14.2. The van der Waals surface area contributed by atoms with Crippen LogP contribution in [-0.4, -0.2) is 30.0 Å². The summed E-state index contributed by atoms with van der Waals surface area (Å²) in [5.74, 6) is 0.747. The van der Waals surface area contributed by atoms with Crippen molar-refractivity contribution in [3.05, 3.63) is 89.1 Å². The van der Waals surface area contributed by atoms with Gasteiger partial charge in [0.2, 0.25) is 0 Å². The van der Waals surface area contributed by atoms with Gasteiger partial charge < -0.3 is 15.5 Å². The van der Waals surface area contributed by atoms with Crippen molar-refractivity contribution in [1.82, 2.24) is 10.3 Å². The number of hydrogen-bond donors (Lipinski definition) is 2. The molecule has 2 aromatic carbocycles. The zero-order valence-corrected chi connectivity index (χ0v) is 16.8. The molecule has 1 saturated heterocycles. The van der Waals surface area contributed by atoms with Crippen molar-refractivity contribution in [2.24, 2.45) is 0 Å². The number of nitrogens with zero attached hydrogens (tertiary/aromatic N) is 2. The van der Waals surface area contributed by atoms with Gasteiger partial charge in [-0.05, 0) is 48.4 Å². The number of nitrogens with one attached hydrogen (secondary N) is 2. The molecule has 2 heterocycles. The molecule has 1 aromatic heterocycles. The second kappa shape index (κ2) is 9.07. The van der Waals surface area contributed by atoms with Crippen LogP contribution in [0.15, 0.2) is 72.9 Å². The van der Waals surface area contributed by atoms with Gasteiger partial charge in [0.05, 0.1) is 5.56 Å². The molecule has 1 aliphatic heterocycles. The molecule has 0 radical (unpaired) electrons. The molecule has 0 spiro atoms. The predicted octanol–water partition coefficient (Wildman–Crippen LogP) is 4.36. The second-order valence-electron chi connectivity index (χ2n) is 7.16. The van der Waals surface area contributed by atoms with Gasteiger partial charge in [-0.1, -0.05) is 41.9 Å². The lowest BCUT2D eigenvalue weighted by atomic mass is 10.2. The minimum Gasteiger partial charge on any atom is -0.355 e. The van der Waals surface area contributed by atoms with Gasteiger partial charge in [-0.3, -0.25) is 4.79 Å². The summed E-state index contributed by atoms with van der Waals surface area (Å²) >= 11 is 5.94.